The van der Waals surface area contributed by atoms with Crippen molar-refractivity contribution in [1.29, 1.82) is 0 Å². The molecule has 7 heteroatoms. The summed E-state index contributed by atoms with van der Waals surface area (Å²) < 4.78 is 19.9. The third-order valence-corrected chi connectivity index (χ3v) is 7.25. The predicted octanol–water partition coefficient (Wildman–Crippen LogP) is 3.98. The van der Waals surface area contributed by atoms with E-state index in [1.165, 1.54) is 0 Å². The van der Waals surface area contributed by atoms with Crippen LogP contribution in [0.2, 0.25) is 0 Å². The van der Waals surface area contributed by atoms with E-state index in [0.29, 0.717) is 23.8 Å². The Labute approximate surface area is 205 Å². The first-order valence-corrected chi connectivity index (χ1v) is 12.4. The van der Waals surface area contributed by atoms with Gasteiger partial charge in [0.1, 0.15) is 18.2 Å². The van der Waals surface area contributed by atoms with E-state index in [4.69, 9.17) is 14.2 Å². The van der Waals surface area contributed by atoms with Gasteiger partial charge in [-0.2, -0.15) is 0 Å². The highest BCUT2D eigenvalue weighted by molar-refractivity contribution is 6.16. The van der Waals surface area contributed by atoms with Crippen molar-refractivity contribution in [3.63, 3.8) is 0 Å². The third kappa shape index (κ3) is 4.14. The van der Waals surface area contributed by atoms with Gasteiger partial charge in [0.25, 0.3) is 0 Å². The molecular weight excluding hydrogens is 442 g/mol. The van der Waals surface area contributed by atoms with Gasteiger partial charge >= 0.3 is 0 Å². The van der Waals surface area contributed by atoms with Gasteiger partial charge in [0, 0.05) is 55.9 Å². The van der Waals surface area contributed by atoms with E-state index >= 15 is 0 Å². The molecule has 182 valence electrons. The number of hydrogen-bond acceptors (Lipinski definition) is 6. The first-order valence-electron chi connectivity index (χ1n) is 12.4. The molecule has 1 aromatic heterocycles. The zero-order chi connectivity index (χ0) is 23.9. The van der Waals surface area contributed by atoms with Gasteiger partial charge < -0.3 is 18.8 Å². The van der Waals surface area contributed by atoms with E-state index < -0.39 is 0 Å². The molecule has 0 spiro atoms. The molecule has 1 saturated heterocycles. The van der Waals surface area contributed by atoms with E-state index in [-0.39, 0.29) is 5.78 Å². The zero-order valence-corrected chi connectivity index (χ0v) is 20.4. The van der Waals surface area contributed by atoms with Crippen LogP contribution in [-0.4, -0.2) is 66.3 Å². The minimum absolute atomic E-state index is 0.0577. The number of ketones is 1. The predicted molar refractivity (Wildman–Crippen MR) is 135 cm³/mol. The van der Waals surface area contributed by atoms with Gasteiger partial charge in [0.05, 0.1) is 24.3 Å². The van der Waals surface area contributed by atoms with Crippen LogP contribution in [0, 0.1) is 6.92 Å². The Bertz CT molecular complexity index is 1320. The number of para-hydroxylation sites is 1. The molecule has 4 heterocycles. The lowest BCUT2D eigenvalue weighted by molar-refractivity contribution is 0.0329. The van der Waals surface area contributed by atoms with Crippen molar-refractivity contribution in [2.45, 2.75) is 19.9 Å². The fraction of sp³-hybridized carbons (Fsp3) is 0.393. The molecule has 0 N–H and O–H groups in total. The first kappa shape index (κ1) is 22.3. The number of ether oxygens (including phenoxy) is 3. The Morgan fingerprint density at radius 1 is 1.09 bits per heavy atom. The summed E-state index contributed by atoms with van der Waals surface area (Å²) in [6.45, 7) is 8.90. The highest BCUT2D eigenvalue weighted by Gasteiger charge is 2.35. The number of rotatable bonds is 5. The summed E-state index contributed by atoms with van der Waals surface area (Å²) in [5, 5.41) is 1.10. The zero-order valence-electron chi connectivity index (χ0n) is 20.4. The van der Waals surface area contributed by atoms with Crippen LogP contribution in [0.15, 0.2) is 42.3 Å². The van der Waals surface area contributed by atoms with Crippen LogP contribution in [0.4, 0.5) is 0 Å². The van der Waals surface area contributed by atoms with Crippen LogP contribution >= 0.6 is 0 Å². The number of carbonyl (C=O) groups is 1. The average molecular weight is 474 g/mol. The van der Waals surface area contributed by atoms with Gasteiger partial charge in [-0.25, -0.2) is 0 Å². The van der Waals surface area contributed by atoms with Crippen molar-refractivity contribution in [1.82, 2.24) is 14.4 Å². The minimum atomic E-state index is -0.0577. The second-order valence-electron chi connectivity index (χ2n) is 9.66. The molecule has 3 aromatic rings. The van der Waals surface area contributed by atoms with Gasteiger partial charge in [-0.3, -0.25) is 14.6 Å². The average Bonchev–Trinajstić information content (AvgIpc) is 3.37. The number of nitrogens with zero attached hydrogens (tertiary/aromatic N) is 3. The maximum absolute atomic E-state index is 13.4. The third-order valence-electron chi connectivity index (χ3n) is 7.25. The Balaban J connectivity index is 1.23. The number of benzene rings is 2. The van der Waals surface area contributed by atoms with Crippen molar-refractivity contribution < 1.29 is 19.0 Å². The first-order chi connectivity index (χ1) is 17.1. The fourth-order valence-electron chi connectivity index (χ4n) is 5.39. The maximum Gasteiger partial charge on any atom is 0.232 e. The monoisotopic (exact) mass is 473 g/mol. The Kier molecular flexibility index (Phi) is 5.84. The molecular formula is C28H31N3O4. The normalized spacial score (nSPS) is 19.6. The van der Waals surface area contributed by atoms with E-state index in [1.807, 2.05) is 44.4 Å². The number of morpholine rings is 1. The molecule has 7 nitrogen and oxygen atoms in total. The molecule has 1 fully saturated rings. The highest BCUT2D eigenvalue weighted by atomic mass is 16.5. The number of aromatic nitrogens is 1. The summed E-state index contributed by atoms with van der Waals surface area (Å²) >= 11 is 0. The van der Waals surface area contributed by atoms with Crippen LogP contribution in [0.25, 0.3) is 17.0 Å². The largest absolute Gasteiger partial charge is 0.478 e. The molecule has 35 heavy (non-hydrogen) atoms. The van der Waals surface area contributed by atoms with Gasteiger partial charge in [0.15, 0.2) is 5.76 Å². The summed E-state index contributed by atoms with van der Waals surface area (Å²) in [4.78, 5) is 18.2. The van der Waals surface area contributed by atoms with Crippen LogP contribution in [0.3, 0.4) is 0 Å². The molecule has 0 amide bonds. The van der Waals surface area contributed by atoms with E-state index in [0.717, 1.165) is 85.7 Å². The van der Waals surface area contributed by atoms with Gasteiger partial charge in [-0.15, -0.1) is 0 Å². The Morgan fingerprint density at radius 2 is 1.89 bits per heavy atom. The van der Waals surface area contributed by atoms with Gasteiger partial charge in [-0.05, 0) is 43.7 Å². The molecule has 2 aromatic carbocycles. The van der Waals surface area contributed by atoms with E-state index in [2.05, 4.69) is 26.5 Å². The molecule has 0 radical (unpaired) electrons. The minimum Gasteiger partial charge on any atom is -0.478 e. The lowest BCUT2D eigenvalue weighted by Crippen LogP contribution is -2.39. The summed E-state index contributed by atoms with van der Waals surface area (Å²) in [6, 6.07) is 10.2. The topological polar surface area (TPSA) is 56.2 Å². The molecule has 3 aliphatic rings. The number of aryl methyl sites for hydroxylation is 2. The molecule has 0 unspecified atom stereocenters. The van der Waals surface area contributed by atoms with Crippen LogP contribution in [-0.2, 0) is 18.3 Å². The molecule has 0 saturated carbocycles. The fourth-order valence-corrected chi connectivity index (χ4v) is 5.39. The second kappa shape index (κ2) is 9.15. The smallest absolute Gasteiger partial charge is 0.232 e. The van der Waals surface area contributed by atoms with Crippen molar-refractivity contribution in [2.75, 3.05) is 46.1 Å². The van der Waals surface area contributed by atoms with Crippen molar-refractivity contribution >= 4 is 22.8 Å². The van der Waals surface area contributed by atoms with Gasteiger partial charge in [-0.1, -0.05) is 18.2 Å². The van der Waals surface area contributed by atoms with Crippen LogP contribution < -0.4 is 9.47 Å². The Hall–Kier alpha value is -3.13. The van der Waals surface area contributed by atoms with Crippen molar-refractivity contribution in [3.05, 3.63) is 64.5 Å². The van der Waals surface area contributed by atoms with Crippen molar-refractivity contribution in [3.8, 4) is 11.5 Å². The molecule has 0 bridgehead atoms. The Morgan fingerprint density at radius 3 is 2.74 bits per heavy atom. The van der Waals surface area contributed by atoms with Gasteiger partial charge in [0.2, 0.25) is 5.78 Å². The summed E-state index contributed by atoms with van der Waals surface area (Å²) in [6.07, 6.45) is 4.98. The van der Waals surface area contributed by atoms with E-state index in [9.17, 15) is 4.79 Å². The molecule has 3 aliphatic heterocycles. The standard InChI is InChI=1S/C28H31N3O4/c1-19-14-24-22(17-31(18-34-24)9-5-8-30-10-12-33-13-11-30)28-26(19)27(32)25(35-28)15-20-16-29(2)23-7-4-3-6-21(20)23/h3-4,6-7,14-16H,5,8-13,17-18H2,1-2H3/b25-15-. The number of hydrogen-bond donors (Lipinski definition) is 0. The quantitative estimate of drug-likeness (QED) is 0.523. The number of carbonyl (C=O) groups excluding carboxylic acids is 1. The molecule has 6 rings (SSSR count). The number of allylic oxidation sites excluding steroid dienone is 1. The summed E-state index contributed by atoms with van der Waals surface area (Å²) in [5.74, 6) is 1.80. The lowest BCUT2D eigenvalue weighted by atomic mass is 9.98. The van der Waals surface area contributed by atoms with Crippen LogP contribution in [0.1, 0.15) is 33.5 Å². The van der Waals surface area contributed by atoms with Crippen LogP contribution in [0.5, 0.6) is 11.5 Å². The highest BCUT2D eigenvalue weighted by Crippen LogP contribution is 2.44. The second-order valence-corrected chi connectivity index (χ2v) is 9.66. The summed E-state index contributed by atoms with van der Waals surface area (Å²) in [5.41, 5.74) is 4.63. The lowest BCUT2D eigenvalue weighted by Gasteiger charge is -2.31. The molecule has 0 atom stereocenters. The summed E-state index contributed by atoms with van der Waals surface area (Å²) in [7, 11) is 2.02. The maximum atomic E-state index is 13.4. The van der Waals surface area contributed by atoms with E-state index in [1.54, 1.807) is 0 Å². The number of fused-ring (bicyclic) bond motifs is 4. The van der Waals surface area contributed by atoms with Crippen molar-refractivity contribution in [2.24, 2.45) is 7.05 Å². The molecule has 0 aliphatic carbocycles. The SMILES string of the molecule is Cc1cc2c(c3c1C(=O)/C(=C/c1cn(C)c4ccccc14)O3)CN(CCCN1CCOCC1)CO2. The number of Topliss-reactive ketones (excluding diaryl/α,β-unsaturated/α-hetero) is 1.